The number of terminal acetylenes is 1. The SMILES string of the molecule is C#CC1CCC(Cn2c(NCCO)nc3nc(C(=N)OC(N)O)nc(C4C=NC=C(Cl)C4)c32)CC1. The average Bonchev–Trinajstić information content (AvgIpc) is 3.19. The number of aliphatic hydroxyl groups is 2. The number of aliphatic hydroxyl groups excluding tert-OH is 2. The molecule has 186 valence electrons. The minimum Gasteiger partial charge on any atom is -0.432 e. The van der Waals surface area contributed by atoms with Gasteiger partial charge in [0, 0.05) is 42.4 Å². The van der Waals surface area contributed by atoms with Gasteiger partial charge in [-0.1, -0.05) is 11.6 Å². The number of halogens is 1. The molecule has 0 aromatic carbocycles. The van der Waals surface area contributed by atoms with Crippen LogP contribution in [0.3, 0.4) is 0 Å². The van der Waals surface area contributed by atoms with Crippen molar-refractivity contribution in [3.63, 3.8) is 0 Å². The summed E-state index contributed by atoms with van der Waals surface area (Å²) in [4.78, 5) is 18.0. The quantitative estimate of drug-likeness (QED) is 0.158. The second-order valence-corrected chi connectivity index (χ2v) is 9.19. The molecule has 2 aliphatic rings. The smallest absolute Gasteiger partial charge is 0.256 e. The van der Waals surface area contributed by atoms with Gasteiger partial charge in [-0.05, 0) is 38.0 Å². The molecule has 0 amide bonds. The fourth-order valence-electron chi connectivity index (χ4n) is 4.56. The Hall–Kier alpha value is -3.04. The normalized spacial score (nSPS) is 22.9. The zero-order valence-corrected chi connectivity index (χ0v) is 19.9. The van der Waals surface area contributed by atoms with E-state index in [4.69, 9.17) is 33.9 Å². The molecule has 2 aromatic rings. The van der Waals surface area contributed by atoms with Crippen molar-refractivity contribution in [1.82, 2.24) is 19.5 Å². The fraction of sp³-hybridized carbons (Fsp3) is 0.522. The molecule has 3 heterocycles. The molecule has 6 N–H and O–H groups in total. The number of allylic oxidation sites excluding steroid dienone is 1. The Bertz CT molecular complexity index is 1180. The van der Waals surface area contributed by atoms with Gasteiger partial charge in [-0.2, -0.15) is 4.98 Å². The van der Waals surface area contributed by atoms with Crippen LogP contribution in [-0.4, -0.2) is 61.4 Å². The number of anilines is 1. The summed E-state index contributed by atoms with van der Waals surface area (Å²) in [6, 6.07) is 0. The number of aliphatic imine (C=N–C) groups is 1. The summed E-state index contributed by atoms with van der Waals surface area (Å²) in [5.74, 6) is 3.28. The van der Waals surface area contributed by atoms with E-state index in [0.29, 0.717) is 59.2 Å². The van der Waals surface area contributed by atoms with Crippen LogP contribution in [0.4, 0.5) is 5.95 Å². The monoisotopic (exact) mass is 500 g/mol. The lowest BCUT2D eigenvalue weighted by molar-refractivity contribution is -0.0218. The minimum absolute atomic E-state index is 0.0658. The summed E-state index contributed by atoms with van der Waals surface area (Å²) < 4.78 is 6.95. The molecule has 2 aromatic heterocycles. The Balaban J connectivity index is 1.81. The van der Waals surface area contributed by atoms with Gasteiger partial charge in [0.15, 0.2) is 5.65 Å². The Morgan fingerprint density at radius 2 is 2.11 bits per heavy atom. The molecule has 12 heteroatoms. The molecule has 0 spiro atoms. The number of aromatic nitrogens is 4. The van der Waals surface area contributed by atoms with E-state index in [9.17, 15) is 10.2 Å². The summed E-state index contributed by atoms with van der Waals surface area (Å²) in [5, 5.41) is 30.6. The number of imidazole rings is 1. The first-order valence-corrected chi connectivity index (χ1v) is 11.9. The Morgan fingerprint density at radius 1 is 1.34 bits per heavy atom. The van der Waals surface area contributed by atoms with Crippen LogP contribution in [-0.2, 0) is 11.3 Å². The molecule has 1 fully saturated rings. The first-order valence-electron chi connectivity index (χ1n) is 11.6. The first kappa shape index (κ1) is 25.1. The van der Waals surface area contributed by atoms with Gasteiger partial charge >= 0.3 is 0 Å². The van der Waals surface area contributed by atoms with Crippen molar-refractivity contribution in [3.8, 4) is 12.3 Å². The lowest BCUT2D eigenvalue weighted by Gasteiger charge is -2.27. The standard InChI is InChI=1S/C23H29ClN8O3/c1-2-13-3-5-14(6-4-13)12-32-18-17(15-9-16(24)11-27-10-15)29-21(19(25)35-22(26)34)30-20(18)31-23(32)28-7-8-33/h1,10-11,13-15,22,25,33-34H,3-9,12,26H2,(H,28,29,30,31). The summed E-state index contributed by atoms with van der Waals surface area (Å²) in [6.07, 6.45) is 11.7. The maximum atomic E-state index is 9.39. The minimum atomic E-state index is -1.68. The zero-order valence-electron chi connectivity index (χ0n) is 19.2. The summed E-state index contributed by atoms with van der Waals surface area (Å²) in [6.45, 7) is 0.906. The van der Waals surface area contributed by atoms with E-state index in [1.165, 1.54) is 0 Å². The molecule has 0 bridgehead atoms. The number of nitrogens with one attached hydrogen (secondary N) is 2. The molecular weight excluding hydrogens is 472 g/mol. The van der Waals surface area contributed by atoms with E-state index in [1.54, 1.807) is 12.4 Å². The third-order valence-electron chi connectivity index (χ3n) is 6.24. The van der Waals surface area contributed by atoms with Gasteiger partial charge in [0.2, 0.25) is 11.8 Å². The molecule has 0 saturated heterocycles. The van der Waals surface area contributed by atoms with Crippen molar-refractivity contribution >= 4 is 40.8 Å². The van der Waals surface area contributed by atoms with Crippen LogP contribution < -0.4 is 11.1 Å². The van der Waals surface area contributed by atoms with Crippen molar-refractivity contribution in [2.45, 2.75) is 51.0 Å². The molecule has 2 atom stereocenters. The van der Waals surface area contributed by atoms with Gasteiger partial charge in [-0.15, -0.1) is 12.3 Å². The highest BCUT2D eigenvalue weighted by atomic mass is 35.5. The van der Waals surface area contributed by atoms with Crippen molar-refractivity contribution < 1.29 is 14.9 Å². The lowest BCUT2D eigenvalue weighted by Crippen LogP contribution is -2.27. The number of nitrogens with two attached hydrogens (primary N) is 1. The van der Waals surface area contributed by atoms with Crippen LogP contribution in [0.2, 0.25) is 0 Å². The zero-order chi connectivity index (χ0) is 24.9. The van der Waals surface area contributed by atoms with Crippen LogP contribution in [0, 0.1) is 29.6 Å². The second-order valence-electron chi connectivity index (χ2n) is 8.71. The summed E-state index contributed by atoms with van der Waals surface area (Å²) in [5.41, 5.74) is 6.90. The van der Waals surface area contributed by atoms with Crippen LogP contribution in [0.25, 0.3) is 11.2 Å². The van der Waals surface area contributed by atoms with E-state index in [1.807, 2.05) is 4.57 Å². The van der Waals surface area contributed by atoms with Crippen molar-refractivity contribution in [2.75, 3.05) is 18.5 Å². The highest BCUT2D eigenvalue weighted by Gasteiger charge is 2.28. The van der Waals surface area contributed by atoms with E-state index in [0.717, 1.165) is 25.7 Å². The average molecular weight is 501 g/mol. The first-order chi connectivity index (χ1) is 16.9. The highest BCUT2D eigenvalue weighted by molar-refractivity contribution is 6.29. The van der Waals surface area contributed by atoms with Crippen molar-refractivity contribution in [3.05, 3.63) is 22.8 Å². The number of nitrogens with zero attached hydrogens (tertiary/aromatic N) is 5. The molecule has 2 unspecified atom stereocenters. The van der Waals surface area contributed by atoms with Crippen LogP contribution in [0.1, 0.15) is 49.5 Å². The molecule has 0 radical (unpaired) electrons. The largest absolute Gasteiger partial charge is 0.432 e. The van der Waals surface area contributed by atoms with Gasteiger partial charge in [0.25, 0.3) is 12.3 Å². The summed E-state index contributed by atoms with van der Waals surface area (Å²) >= 11 is 6.29. The number of hydrogen-bond acceptors (Lipinski definition) is 10. The molecule has 11 nitrogen and oxygen atoms in total. The Labute approximate surface area is 208 Å². The maximum Gasteiger partial charge on any atom is 0.256 e. The van der Waals surface area contributed by atoms with Crippen molar-refractivity contribution in [1.29, 1.82) is 5.41 Å². The molecule has 1 aliphatic carbocycles. The number of hydrogen-bond donors (Lipinski definition) is 5. The number of fused-ring (bicyclic) bond motifs is 1. The van der Waals surface area contributed by atoms with Crippen molar-refractivity contribution in [2.24, 2.45) is 22.6 Å². The van der Waals surface area contributed by atoms with E-state index in [2.05, 4.69) is 31.2 Å². The summed E-state index contributed by atoms with van der Waals surface area (Å²) in [7, 11) is 0. The maximum absolute atomic E-state index is 9.39. The van der Waals surface area contributed by atoms with Gasteiger partial charge in [-0.25, -0.2) is 9.97 Å². The van der Waals surface area contributed by atoms with Gasteiger partial charge in [0.05, 0.1) is 12.3 Å². The van der Waals surface area contributed by atoms with Gasteiger partial charge in [-0.3, -0.25) is 16.1 Å². The third kappa shape index (κ3) is 5.79. The van der Waals surface area contributed by atoms with Gasteiger partial charge < -0.3 is 24.8 Å². The van der Waals surface area contributed by atoms with Crippen LogP contribution >= 0.6 is 11.6 Å². The molecule has 1 aliphatic heterocycles. The molecule has 1 saturated carbocycles. The highest BCUT2D eigenvalue weighted by Crippen LogP contribution is 2.35. The molecular formula is C23H29ClN8O3. The second kappa shape index (κ2) is 11.1. The number of ether oxygens (including phenoxy) is 1. The third-order valence-corrected chi connectivity index (χ3v) is 6.49. The van der Waals surface area contributed by atoms with E-state index in [-0.39, 0.29) is 18.3 Å². The van der Waals surface area contributed by atoms with E-state index < -0.39 is 12.3 Å². The molecule has 35 heavy (non-hydrogen) atoms. The topological polar surface area (TPSA) is 168 Å². The predicted molar refractivity (Wildman–Crippen MR) is 133 cm³/mol. The number of rotatable bonds is 8. The van der Waals surface area contributed by atoms with Crippen LogP contribution in [0.15, 0.2) is 16.2 Å². The van der Waals surface area contributed by atoms with E-state index >= 15 is 0 Å². The van der Waals surface area contributed by atoms with Gasteiger partial charge in [0.1, 0.15) is 5.52 Å². The Kier molecular flexibility index (Phi) is 7.97. The van der Waals surface area contributed by atoms with Crippen LogP contribution in [0.5, 0.6) is 0 Å². The Morgan fingerprint density at radius 3 is 2.77 bits per heavy atom. The predicted octanol–water partition coefficient (Wildman–Crippen LogP) is 1.88. The fourth-order valence-corrected chi connectivity index (χ4v) is 4.78. The lowest BCUT2D eigenvalue weighted by atomic mass is 9.82. The molecule has 4 rings (SSSR count).